The van der Waals surface area contributed by atoms with Gasteiger partial charge in [-0.3, -0.25) is 5.26 Å². The van der Waals surface area contributed by atoms with Gasteiger partial charge in [-0.15, -0.1) is 0 Å². The second-order valence-electron chi connectivity index (χ2n) is 3.32. The van der Waals surface area contributed by atoms with Crippen molar-refractivity contribution in [2.45, 2.75) is 18.6 Å². The summed E-state index contributed by atoms with van der Waals surface area (Å²) >= 11 is 0. The zero-order valence-electron chi connectivity index (χ0n) is 8.31. The minimum Gasteiger partial charge on any atom is -0.448 e. The molecule has 0 bridgehead atoms. The van der Waals surface area contributed by atoms with Crippen LogP contribution in [-0.2, 0) is 9.62 Å². The minimum absolute atomic E-state index is 0.00188. The average Bonchev–Trinajstić information content (AvgIpc) is 2.71. The highest BCUT2D eigenvalue weighted by atomic mass is 17.1. The molecule has 0 aliphatic carbocycles. The van der Waals surface area contributed by atoms with Crippen molar-refractivity contribution in [2.75, 3.05) is 26.3 Å². The number of hydrogen-bond acceptors (Lipinski definition) is 6. The quantitative estimate of drug-likeness (QED) is 0.347. The predicted octanol–water partition coefficient (Wildman–Crippen LogP) is -1.07. The van der Waals surface area contributed by atoms with Crippen molar-refractivity contribution in [1.82, 2.24) is 10.6 Å². The van der Waals surface area contributed by atoms with Crippen LogP contribution in [0.15, 0.2) is 0 Å². The van der Waals surface area contributed by atoms with Crippen molar-refractivity contribution < 1.29 is 24.8 Å². The van der Waals surface area contributed by atoms with Gasteiger partial charge in [0.25, 0.3) is 0 Å². The molecule has 0 aromatic carbocycles. The standard InChI is InChI=1S/C8H16N2O5/c11-2-1-9-8(12)14-5-6-3-7(15-13)4-10-6/h6-7,10-11,13H,1-5H2,(H,9,12). The van der Waals surface area contributed by atoms with Gasteiger partial charge < -0.3 is 20.5 Å². The second kappa shape index (κ2) is 6.57. The summed E-state index contributed by atoms with van der Waals surface area (Å²) in [5.41, 5.74) is 0. The Labute approximate surface area is 87.3 Å². The topological polar surface area (TPSA) is 100 Å². The third-order valence-electron chi connectivity index (χ3n) is 2.13. The van der Waals surface area contributed by atoms with Gasteiger partial charge in [-0.2, -0.15) is 0 Å². The van der Waals surface area contributed by atoms with Crippen LogP contribution in [0.4, 0.5) is 4.79 Å². The largest absolute Gasteiger partial charge is 0.448 e. The van der Waals surface area contributed by atoms with Crippen molar-refractivity contribution >= 4 is 6.09 Å². The van der Waals surface area contributed by atoms with Crippen LogP contribution in [0.1, 0.15) is 6.42 Å². The van der Waals surface area contributed by atoms with E-state index in [1.54, 1.807) is 0 Å². The molecule has 2 unspecified atom stereocenters. The first-order chi connectivity index (χ1) is 7.26. The summed E-state index contributed by atoms with van der Waals surface area (Å²) in [5, 5.41) is 22.2. The van der Waals surface area contributed by atoms with Gasteiger partial charge in [0.05, 0.1) is 6.61 Å². The Bertz CT molecular complexity index is 201. The minimum atomic E-state index is -0.556. The fourth-order valence-electron chi connectivity index (χ4n) is 1.37. The highest BCUT2D eigenvalue weighted by Crippen LogP contribution is 2.09. The van der Waals surface area contributed by atoms with Crippen LogP contribution >= 0.6 is 0 Å². The second-order valence-corrected chi connectivity index (χ2v) is 3.32. The molecule has 1 rings (SSSR count). The third kappa shape index (κ3) is 4.43. The molecule has 7 nitrogen and oxygen atoms in total. The molecule has 1 fully saturated rings. The Balaban J connectivity index is 2.07. The number of alkyl carbamates (subject to hydrolysis) is 1. The lowest BCUT2D eigenvalue weighted by Gasteiger charge is -2.11. The third-order valence-corrected chi connectivity index (χ3v) is 2.13. The van der Waals surface area contributed by atoms with Gasteiger partial charge >= 0.3 is 6.09 Å². The molecule has 1 aliphatic rings. The van der Waals surface area contributed by atoms with Gasteiger partial charge in [0.2, 0.25) is 0 Å². The maximum Gasteiger partial charge on any atom is 0.407 e. The number of carbonyl (C=O) groups excluding carboxylic acids is 1. The molecule has 2 atom stereocenters. The lowest BCUT2D eigenvalue weighted by molar-refractivity contribution is -0.273. The van der Waals surface area contributed by atoms with Crippen LogP contribution in [0.25, 0.3) is 0 Å². The van der Waals surface area contributed by atoms with E-state index in [2.05, 4.69) is 15.5 Å². The first-order valence-electron chi connectivity index (χ1n) is 4.81. The SMILES string of the molecule is O=C(NCCO)OCC1CC(OO)CN1. The molecule has 7 heteroatoms. The number of rotatable bonds is 5. The average molecular weight is 220 g/mol. The molecule has 15 heavy (non-hydrogen) atoms. The Morgan fingerprint density at radius 2 is 2.40 bits per heavy atom. The molecular formula is C8H16N2O5. The summed E-state index contributed by atoms with van der Waals surface area (Å²) in [5.74, 6) is 0. The lowest BCUT2D eigenvalue weighted by Crippen LogP contribution is -2.33. The van der Waals surface area contributed by atoms with Crippen LogP contribution in [0, 0.1) is 0 Å². The molecule has 0 aromatic heterocycles. The normalized spacial score (nSPS) is 25.2. The summed E-state index contributed by atoms with van der Waals surface area (Å²) in [4.78, 5) is 15.1. The van der Waals surface area contributed by atoms with E-state index in [0.717, 1.165) is 0 Å². The first kappa shape index (κ1) is 12.2. The zero-order valence-corrected chi connectivity index (χ0v) is 8.31. The van der Waals surface area contributed by atoms with Gasteiger partial charge in [0.1, 0.15) is 12.7 Å². The summed E-state index contributed by atoms with van der Waals surface area (Å²) in [6.45, 7) is 0.830. The first-order valence-corrected chi connectivity index (χ1v) is 4.81. The number of hydrogen-bond donors (Lipinski definition) is 4. The van der Waals surface area contributed by atoms with Gasteiger partial charge in [-0.25, -0.2) is 9.68 Å². The fraction of sp³-hybridized carbons (Fsp3) is 0.875. The molecule has 1 saturated heterocycles. The summed E-state index contributed by atoms with van der Waals surface area (Å²) in [6, 6.07) is 0.00188. The Morgan fingerprint density at radius 3 is 3.00 bits per heavy atom. The molecule has 1 amide bonds. The van der Waals surface area contributed by atoms with E-state index in [1.807, 2.05) is 0 Å². The van der Waals surface area contributed by atoms with Gasteiger partial charge in [0, 0.05) is 19.1 Å². The number of aliphatic hydroxyl groups excluding tert-OH is 1. The monoisotopic (exact) mass is 220 g/mol. The molecule has 0 saturated carbocycles. The van der Waals surface area contributed by atoms with Crippen LogP contribution < -0.4 is 10.6 Å². The molecule has 0 aromatic rings. The van der Waals surface area contributed by atoms with Crippen LogP contribution in [-0.4, -0.2) is 54.9 Å². The maximum absolute atomic E-state index is 11.0. The number of ether oxygens (including phenoxy) is 1. The molecule has 4 N–H and O–H groups in total. The van der Waals surface area contributed by atoms with Crippen LogP contribution in [0.5, 0.6) is 0 Å². The molecule has 0 spiro atoms. The van der Waals surface area contributed by atoms with E-state index in [-0.39, 0.29) is 31.9 Å². The number of carbonyl (C=O) groups is 1. The van der Waals surface area contributed by atoms with E-state index >= 15 is 0 Å². The Kier molecular flexibility index (Phi) is 5.33. The van der Waals surface area contributed by atoms with Crippen molar-refractivity contribution in [3.05, 3.63) is 0 Å². The van der Waals surface area contributed by atoms with E-state index in [0.29, 0.717) is 13.0 Å². The van der Waals surface area contributed by atoms with Crippen molar-refractivity contribution in [3.8, 4) is 0 Å². The molecule has 0 radical (unpaired) electrons. The smallest absolute Gasteiger partial charge is 0.407 e. The van der Waals surface area contributed by atoms with Crippen molar-refractivity contribution in [1.29, 1.82) is 0 Å². The van der Waals surface area contributed by atoms with Crippen LogP contribution in [0.3, 0.4) is 0 Å². The maximum atomic E-state index is 11.0. The summed E-state index contributed by atoms with van der Waals surface area (Å²) in [6.07, 6.45) is -0.192. The highest BCUT2D eigenvalue weighted by Gasteiger charge is 2.25. The van der Waals surface area contributed by atoms with E-state index in [4.69, 9.17) is 15.1 Å². The molecule has 88 valence electrons. The molecular weight excluding hydrogens is 204 g/mol. The van der Waals surface area contributed by atoms with Gasteiger partial charge in [-0.05, 0) is 6.42 Å². The fourth-order valence-corrected chi connectivity index (χ4v) is 1.37. The lowest BCUT2D eigenvalue weighted by atomic mass is 10.2. The number of amides is 1. The molecule has 1 heterocycles. The Hall–Kier alpha value is -0.890. The predicted molar refractivity (Wildman–Crippen MR) is 50.3 cm³/mol. The van der Waals surface area contributed by atoms with Crippen molar-refractivity contribution in [3.63, 3.8) is 0 Å². The summed E-state index contributed by atoms with van der Waals surface area (Å²) in [7, 11) is 0. The van der Waals surface area contributed by atoms with E-state index in [1.165, 1.54) is 0 Å². The summed E-state index contributed by atoms with van der Waals surface area (Å²) < 4.78 is 4.86. The Morgan fingerprint density at radius 1 is 1.60 bits per heavy atom. The highest BCUT2D eigenvalue weighted by molar-refractivity contribution is 5.67. The number of nitrogens with one attached hydrogen (secondary N) is 2. The van der Waals surface area contributed by atoms with Gasteiger partial charge in [0.15, 0.2) is 0 Å². The van der Waals surface area contributed by atoms with E-state index < -0.39 is 6.09 Å². The number of aliphatic hydroxyl groups is 1. The van der Waals surface area contributed by atoms with E-state index in [9.17, 15) is 4.79 Å². The zero-order chi connectivity index (χ0) is 11.1. The molecule has 1 aliphatic heterocycles. The van der Waals surface area contributed by atoms with Crippen LogP contribution in [0.2, 0.25) is 0 Å². The van der Waals surface area contributed by atoms with Gasteiger partial charge in [-0.1, -0.05) is 0 Å². The van der Waals surface area contributed by atoms with Crippen molar-refractivity contribution in [2.24, 2.45) is 0 Å².